The number of aryl methyl sites for hydroxylation is 2. The van der Waals surface area contributed by atoms with E-state index in [-0.39, 0.29) is 0 Å². The van der Waals surface area contributed by atoms with Crippen LogP contribution in [0.3, 0.4) is 0 Å². The zero-order chi connectivity index (χ0) is 11.8. The van der Waals surface area contributed by atoms with E-state index in [0.29, 0.717) is 22.3 Å². The normalized spacial score (nSPS) is 18.9. The van der Waals surface area contributed by atoms with Gasteiger partial charge in [0.1, 0.15) is 0 Å². The average molecular weight is 278 g/mol. The van der Waals surface area contributed by atoms with Crippen molar-refractivity contribution in [3.8, 4) is 0 Å². The Bertz CT molecular complexity index is 475. The highest BCUT2D eigenvalue weighted by Crippen LogP contribution is 2.29. The van der Waals surface area contributed by atoms with E-state index in [0.717, 1.165) is 17.2 Å². The van der Waals surface area contributed by atoms with Gasteiger partial charge < -0.3 is 0 Å². The van der Waals surface area contributed by atoms with E-state index in [4.69, 9.17) is 0 Å². The Kier molecular flexibility index (Phi) is 3.58. The Hall–Kier alpha value is -0.110. The monoisotopic (exact) mass is 278 g/mol. The molecule has 0 saturated carbocycles. The summed E-state index contributed by atoms with van der Waals surface area (Å²) < 4.78 is 26.6. The summed E-state index contributed by atoms with van der Waals surface area (Å²) in [6.07, 6.45) is 0.931. The van der Waals surface area contributed by atoms with E-state index >= 15 is 0 Å². The molecule has 0 aromatic carbocycles. The number of hydrogen-bond donors (Lipinski definition) is 0. The maximum atomic E-state index is 12.3. The van der Waals surface area contributed by atoms with Gasteiger partial charge in [0.25, 0.3) is 10.0 Å². The highest BCUT2D eigenvalue weighted by Gasteiger charge is 2.29. The molecule has 0 atom stereocenters. The maximum absolute atomic E-state index is 12.3. The lowest BCUT2D eigenvalue weighted by Gasteiger charge is -2.24. The Morgan fingerprint density at radius 1 is 1.38 bits per heavy atom. The molecule has 4 nitrogen and oxygen atoms in total. The number of nitrogens with zero attached hydrogens (tertiary/aromatic N) is 2. The van der Waals surface area contributed by atoms with Gasteiger partial charge >= 0.3 is 0 Å². The van der Waals surface area contributed by atoms with Crippen LogP contribution in [0.2, 0.25) is 0 Å². The summed E-state index contributed by atoms with van der Waals surface area (Å²) in [4.78, 5) is 4.18. The molecule has 0 spiro atoms. The zero-order valence-corrected chi connectivity index (χ0v) is 11.7. The molecule has 0 amide bonds. The fourth-order valence-electron chi connectivity index (χ4n) is 1.63. The van der Waals surface area contributed by atoms with Crippen LogP contribution >= 0.6 is 23.1 Å². The van der Waals surface area contributed by atoms with Gasteiger partial charge in [0.05, 0.1) is 16.6 Å². The van der Waals surface area contributed by atoms with Gasteiger partial charge in [-0.25, -0.2) is 13.4 Å². The van der Waals surface area contributed by atoms with Crippen LogP contribution in [-0.4, -0.2) is 35.9 Å². The summed E-state index contributed by atoms with van der Waals surface area (Å²) in [5, 5.41) is 0.806. The van der Waals surface area contributed by atoms with Gasteiger partial charge in [-0.2, -0.15) is 4.31 Å². The van der Waals surface area contributed by atoms with Crippen molar-refractivity contribution in [1.29, 1.82) is 0 Å². The molecule has 1 aliphatic heterocycles. The van der Waals surface area contributed by atoms with E-state index in [1.807, 2.05) is 6.92 Å². The molecule has 0 bridgehead atoms. The second kappa shape index (κ2) is 4.64. The first-order valence-electron chi connectivity index (χ1n) is 5.04. The van der Waals surface area contributed by atoms with Gasteiger partial charge in [0.2, 0.25) is 0 Å². The van der Waals surface area contributed by atoms with E-state index in [1.165, 1.54) is 11.3 Å². The van der Waals surface area contributed by atoms with Gasteiger partial charge in [-0.15, -0.1) is 23.1 Å². The summed E-state index contributed by atoms with van der Waals surface area (Å²) in [7, 11) is -3.30. The predicted molar refractivity (Wildman–Crippen MR) is 67.4 cm³/mol. The van der Waals surface area contributed by atoms with Gasteiger partial charge in [-0.05, 0) is 26.0 Å². The minimum absolute atomic E-state index is 0.410. The van der Waals surface area contributed by atoms with Crippen LogP contribution in [-0.2, 0) is 10.0 Å². The molecule has 7 heteroatoms. The van der Waals surface area contributed by atoms with E-state index in [9.17, 15) is 8.42 Å². The number of sulfonamides is 1. The van der Waals surface area contributed by atoms with Gasteiger partial charge in [-0.3, -0.25) is 0 Å². The van der Waals surface area contributed by atoms with Gasteiger partial charge in [-0.1, -0.05) is 0 Å². The van der Waals surface area contributed by atoms with Crippen molar-refractivity contribution < 1.29 is 8.42 Å². The first-order valence-corrected chi connectivity index (χ1v) is 8.45. The summed E-state index contributed by atoms with van der Waals surface area (Å²) in [6.45, 7) is 4.22. The van der Waals surface area contributed by atoms with Crippen molar-refractivity contribution in [2.24, 2.45) is 0 Å². The van der Waals surface area contributed by atoms with Crippen LogP contribution in [0.5, 0.6) is 0 Å². The van der Waals surface area contributed by atoms with Gasteiger partial charge in [0, 0.05) is 6.54 Å². The van der Waals surface area contributed by atoms with Crippen LogP contribution in [0.1, 0.15) is 17.1 Å². The molecule has 2 heterocycles. The Labute approximate surface area is 104 Å². The molecular weight excluding hydrogens is 264 g/mol. The lowest BCUT2D eigenvalue weighted by atomic mass is 10.5. The molecule has 1 aromatic heterocycles. The molecule has 1 saturated heterocycles. The molecule has 1 aliphatic rings. The Balaban J connectivity index is 2.34. The molecule has 2 rings (SSSR count). The second-order valence-corrected chi connectivity index (χ2v) is 8.09. The first kappa shape index (κ1) is 12.3. The SMILES string of the molecule is Cc1nc(C)c(S(=O)(=O)N2CCCSC2)s1. The minimum Gasteiger partial charge on any atom is -0.245 e. The van der Waals surface area contributed by atoms with Crippen LogP contribution in [0, 0.1) is 13.8 Å². The van der Waals surface area contributed by atoms with Crippen molar-refractivity contribution in [2.75, 3.05) is 18.2 Å². The predicted octanol–water partition coefficient (Wildman–Crippen LogP) is 1.85. The maximum Gasteiger partial charge on any atom is 0.255 e. The van der Waals surface area contributed by atoms with Crippen LogP contribution in [0.4, 0.5) is 0 Å². The van der Waals surface area contributed by atoms with E-state index in [1.54, 1.807) is 23.0 Å². The van der Waals surface area contributed by atoms with Crippen molar-refractivity contribution in [1.82, 2.24) is 9.29 Å². The average Bonchev–Trinajstić information content (AvgIpc) is 2.60. The molecule has 1 aromatic rings. The third-order valence-electron chi connectivity index (χ3n) is 2.37. The second-order valence-electron chi connectivity index (χ2n) is 3.68. The zero-order valence-electron chi connectivity index (χ0n) is 9.26. The molecule has 16 heavy (non-hydrogen) atoms. The highest BCUT2D eigenvalue weighted by molar-refractivity contribution is 8.00. The standard InChI is InChI=1S/C9H14N2O2S3/c1-7-9(15-8(2)10-7)16(12,13)11-4-3-5-14-6-11/h3-6H2,1-2H3. The number of hydrogen-bond acceptors (Lipinski definition) is 5. The molecule has 0 aliphatic carbocycles. The van der Waals surface area contributed by atoms with Crippen molar-refractivity contribution in [3.63, 3.8) is 0 Å². The van der Waals surface area contributed by atoms with Gasteiger partial charge in [0.15, 0.2) is 4.21 Å². The van der Waals surface area contributed by atoms with Crippen LogP contribution < -0.4 is 0 Å². The highest BCUT2D eigenvalue weighted by atomic mass is 32.2. The topological polar surface area (TPSA) is 50.3 Å². The largest absolute Gasteiger partial charge is 0.255 e. The fraction of sp³-hybridized carbons (Fsp3) is 0.667. The number of thiazole rings is 1. The molecule has 0 radical (unpaired) electrons. The van der Waals surface area contributed by atoms with Crippen molar-refractivity contribution in [3.05, 3.63) is 10.7 Å². The Morgan fingerprint density at radius 2 is 2.12 bits per heavy atom. The number of rotatable bonds is 2. The minimum atomic E-state index is -3.30. The lowest BCUT2D eigenvalue weighted by Crippen LogP contribution is -2.34. The molecule has 0 N–H and O–H groups in total. The molecule has 1 fully saturated rings. The quantitative estimate of drug-likeness (QED) is 0.828. The summed E-state index contributed by atoms with van der Waals surface area (Å²) in [5.74, 6) is 1.62. The molecule has 0 unspecified atom stereocenters. The summed E-state index contributed by atoms with van der Waals surface area (Å²) >= 11 is 2.93. The number of aromatic nitrogens is 1. The number of thioether (sulfide) groups is 1. The van der Waals surface area contributed by atoms with Crippen LogP contribution in [0.15, 0.2) is 4.21 Å². The smallest absolute Gasteiger partial charge is 0.245 e. The molecular formula is C9H14N2O2S3. The van der Waals surface area contributed by atoms with Crippen LogP contribution in [0.25, 0.3) is 0 Å². The summed E-state index contributed by atoms with van der Waals surface area (Å²) in [5.41, 5.74) is 0.623. The molecule has 90 valence electrons. The lowest BCUT2D eigenvalue weighted by molar-refractivity contribution is 0.452. The third-order valence-corrected chi connectivity index (χ3v) is 7.11. The third kappa shape index (κ3) is 2.27. The van der Waals surface area contributed by atoms with Crippen molar-refractivity contribution >= 4 is 33.1 Å². The summed E-state index contributed by atoms with van der Waals surface area (Å²) in [6, 6.07) is 0. The van der Waals surface area contributed by atoms with Crippen molar-refractivity contribution in [2.45, 2.75) is 24.5 Å². The van der Waals surface area contributed by atoms with E-state index < -0.39 is 10.0 Å². The Morgan fingerprint density at radius 3 is 2.62 bits per heavy atom. The fourth-order valence-corrected chi connectivity index (χ4v) is 5.97. The first-order chi connectivity index (χ1) is 7.51. The van der Waals surface area contributed by atoms with E-state index in [2.05, 4.69) is 4.98 Å².